The van der Waals surface area contributed by atoms with Crippen molar-refractivity contribution in [3.05, 3.63) is 89.0 Å². The molecule has 0 spiro atoms. The summed E-state index contributed by atoms with van der Waals surface area (Å²) in [6.45, 7) is 2.40. The third kappa shape index (κ3) is 5.10. The topological polar surface area (TPSA) is 60.7 Å². The molecule has 0 aliphatic rings. The van der Waals surface area contributed by atoms with Crippen molar-refractivity contribution in [1.29, 1.82) is 0 Å². The van der Waals surface area contributed by atoms with E-state index in [0.717, 1.165) is 33.2 Å². The number of hydrogen-bond acceptors (Lipinski definition) is 4. The second-order valence-corrected chi connectivity index (χ2v) is 8.31. The van der Waals surface area contributed by atoms with Crippen molar-refractivity contribution in [3.63, 3.8) is 0 Å². The Balaban J connectivity index is 1.54. The molecule has 0 unspecified atom stereocenters. The molecule has 1 heterocycles. The third-order valence-electron chi connectivity index (χ3n) is 5.59. The smallest absolute Gasteiger partial charge is 0.244 e. The molecule has 1 N–H and O–H groups in total. The van der Waals surface area contributed by atoms with Gasteiger partial charge in [-0.2, -0.15) is 0 Å². The van der Waals surface area contributed by atoms with Gasteiger partial charge in [0, 0.05) is 34.2 Å². The van der Waals surface area contributed by atoms with Gasteiger partial charge >= 0.3 is 0 Å². The van der Waals surface area contributed by atoms with Gasteiger partial charge in [-0.1, -0.05) is 48.0 Å². The van der Waals surface area contributed by atoms with Gasteiger partial charge in [0.1, 0.15) is 11.3 Å². The van der Waals surface area contributed by atoms with E-state index in [-0.39, 0.29) is 5.91 Å². The van der Waals surface area contributed by atoms with Crippen LogP contribution in [0.25, 0.3) is 27.9 Å². The number of carbonyl (C=O) groups excluding carboxylic acids is 1. The Hall–Kier alpha value is -3.70. The first-order valence-corrected chi connectivity index (χ1v) is 11.3. The fourth-order valence-corrected chi connectivity index (χ4v) is 4.11. The van der Waals surface area contributed by atoms with Gasteiger partial charge in [0.05, 0.1) is 14.2 Å². The molecule has 0 bridgehead atoms. The Kier molecular flexibility index (Phi) is 7.24. The van der Waals surface area contributed by atoms with Crippen molar-refractivity contribution >= 4 is 34.1 Å². The number of fused-ring (bicyclic) bond motifs is 1. The molecule has 0 saturated carbocycles. The van der Waals surface area contributed by atoms with Crippen LogP contribution in [0.5, 0.6) is 11.5 Å². The number of amides is 1. The minimum Gasteiger partial charge on any atom is -0.493 e. The largest absolute Gasteiger partial charge is 0.493 e. The van der Waals surface area contributed by atoms with Gasteiger partial charge in [-0.25, -0.2) is 0 Å². The molecule has 3 aromatic carbocycles. The van der Waals surface area contributed by atoms with Gasteiger partial charge in [-0.05, 0) is 54.8 Å². The van der Waals surface area contributed by atoms with E-state index in [9.17, 15) is 4.79 Å². The lowest BCUT2D eigenvalue weighted by atomic mass is 9.99. The lowest BCUT2D eigenvalue weighted by Gasteiger charge is -2.10. The van der Waals surface area contributed by atoms with Crippen LogP contribution in [-0.2, 0) is 11.2 Å². The number of furan rings is 1. The van der Waals surface area contributed by atoms with E-state index < -0.39 is 0 Å². The number of rotatable bonds is 8. The molecule has 0 fully saturated rings. The molecule has 0 aliphatic heterocycles. The summed E-state index contributed by atoms with van der Waals surface area (Å²) in [5.41, 5.74) is 4.36. The van der Waals surface area contributed by atoms with Gasteiger partial charge in [-0.15, -0.1) is 0 Å². The number of nitrogens with one attached hydrogen (secondary N) is 1. The zero-order valence-electron chi connectivity index (χ0n) is 19.4. The molecule has 0 radical (unpaired) electrons. The van der Waals surface area contributed by atoms with E-state index in [1.165, 1.54) is 0 Å². The molecule has 4 aromatic rings. The number of allylic oxidation sites excluding steroid dienone is 1. The molecule has 0 atom stereocenters. The highest BCUT2D eigenvalue weighted by Gasteiger charge is 2.18. The molecular formula is C28H26ClNO4. The minimum absolute atomic E-state index is 0.173. The summed E-state index contributed by atoms with van der Waals surface area (Å²) in [6.07, 6.45) is 2.27. The molecule has 1 amide bonds. The summed E-state index contributed by atoms with van der Waals surface area (Å²) in [6, 6.07) is 21.1. The summed E-state index contributed by atoms with van der Waals surface area (Å²) in [5, 5.41) is 4.45. The Morgan fingerprint density at radius 3 is 2.50 bits per heavy atom. The number of benzene rings is 3. The standard InChI is InChI=1S/C28H26ClNO4/c1-18(15-26(31)30-14-13-19-9-11-24(32-2)25(16-19)33-3)27-22-17-21(29)10-12-23(22)34-28(27)20-7-5-4-6-8-20/h4-12,15-17H,13-14H2,1-3H3,(H,30,31). The number of carbonyl (C=O) groups is 1. The van der Waals surface area contributed by atoms with Crippen molar-refractivity contribution in [1.82, 2.24) is 5.32 Å². The number of methoxy groups -OCH3 is 2. The van der Waals surface area contributed by atoms with Gasteiger partial charge in [0.2, 0.25) is 5.91 Å². The fraction of sp³-hybridized carbons (Fsp3) is 0.179. The zero-order chi connectivity index (χ0) is 24.1. The van der Waals surface area contributed by atoms with E-state index in [4.69, 9.17) is 25.5 Å². The van der Waals surface area contributed by atoms with Crippen molar-refractivity contribution in [3.8, 4) is 22.8 Å². The summed E-state index contributed by atoms with van der Waals surface area (Å²) < 4.78 is 16.8. The molecule has 0 aliphatic carbocycles. The molecule has 1 aromatic heterocycles. The first kappa shape index (κ1) is 23.5. The van der Waals surface area contributed by atoms with E-state index in [0.29, 0.717) is 35.2 Å². The lowest BCUT2D eigenvalue weighted by Crippen LogP contribution is -2.23. The number of halogens is 1. The molecule has 5 nitrogen and oxygen atoms in total. The molecule has 4 rings (SSSR count). The second kappa shape index (κ2) is 10.5. The van der Waals surface area contributed by atoms with E-state index in [1.807, 2.05) is 67.6 Å². The lowest BCUT2D eigenvalue weighted by molar-refractivity contribution is -0.116. The van der Waals surface area contributed by atoms with Crippen LogP contribution >= 0.6 is 11.6 Å². The SMILES string of the molecule is COc1ccc(CCNC(=O)C=C(C)c2c(-c3ccccc3)oc3ccc(Cl)cc23)cc1OC. The monoisotopic (exact) mass is 475 g/mol. The average molecular weight is 476 g/mol. The van der Waals surface area contributed by atoms with Crippen molar-refractivity contribution in [2.45, 2.75) is 13.3 Å². The van der Waals surface area contributed by atoms with E-state index >= 15 is 0 Å². The Bertz CT molecular complexity index is 1340. The Morgan fingerprint density at radius 2 is 1.76 bits per heavy atom. The van der Waals surface area contributed by atoms with Crippen LogP contribution in [0.4, 0.5) is 0 Å². The highest BCUT2D eigenvalue weighted by atomic mass is 35.5. The highest BCUT2D eigenvalue weighted by molar-refractivity contribution is 6.31. The zero-order valence-corrected chi connectivity index (χ0v) is 20.1. The van der Waals surface area contributed by atoms with Crippen LogP contribution in [-0.4, -0.2) is 26.7 Å². The van der Waals surface area contributed by atoms with Gasteiger partial charge in [0.15, 0.2) is 11.5 Å². The van der Waals surface area contributed by atoms with E-state index in [1.54, 1.807) is 26.4 Å². The fourth-order valence-electron chi connectivity index (χ4n) is 3.94. The Labute approximate surface area is 203 Å². The van der Waals surface area contributed by atoms with Gasteiger partial charge < -0.3 is 19.2 Å². The Morgan fingerprint density at radius 1 is 1.00 bits per heavy atom. The summed E-state index contributed by atoms with van der Waals surface area (Å²) >= 11 is 6.27. The van der Waals surface area contributed by atoms with Crippen LogP contribution in [0.1, 0.15) is 18.1 Å². The van der Waals surface area contributed by atoms with Crippen molar-refractivity contribution < 1.29 is 18.7 Å². The van der Waals surface area contributed by atoms with Crippen LogP contribution in [0, 0.1) is 0 Å². The van der Waals surface area contributed by atoms with Gasteiger partial charge in [0.25, 0.3) is 0 Å². The molecule has 6 heteroatoms. The van der Waals surface area contributed by atoms with Crippen LogP contribution < -0.4 is 14.8 Å². The first-order chi connectivity index (χ1) is 16.5. The molecule has 34 heavy (non-hydrogen) atoms. The molecular weight excluding hydrogens is 450 g/mol. The minimum atomic E-state index is -0.173. The number of ether oxygens (including phenoxy) is 2. The molecule has 174 valence electrons. The van der Waals surface area contributed by atoms with Crippen LogP contribution in [0.15, 0.2) is 77.2 Å². The highest BCUT2D eigenvalue weighted by Crippen LogP contribution is 2.39. The normalized spacial score (nSPS) is 11.5. The first-order valence-electron chi connectivity index (χ1n) is 10.9. The quantitative estimate of drug-likeness (QED) is 0.294. The molecule has 0 saturated heterocycles. The maximum atomic E-state index is 12.7. The second-order valence-electron chi connectivity index (χ2n) is 7.87. The number of hydrogen-bond donors (Lipinski definition) is 1. The summed E-state index contributed by atoms with van der Waals surface area (Å²) in [5.74, 6) is 1.88. The maximum Gasteiger partial charge on any atom is 0.244 e. The van der Waals surface area contributed by atoms with Crippen molar-refractivity contribution in [2.24, 2.45) is 0 Å². The van der Waals surface area contributed by atoms with Crippen LogP contribution in [0.3, 0.4) is 0 Å². The average Bonchev–Trinajstić information content (AvgIpc) is 3.23. The summed E-state index contributed by atoms with van der Waals surface area (Å²) in [4.78, 5) is 12.7. The van der Waals surface area contributed by atoms with E-state index in [2.05, 4.69) is 5.32 Å². The maximum absolute atomic E-state index is 12.7. The predicted molar refractivity (Wildman–Crippen MR) is 137 cm³/mol. The van der Waals surface area contributed by atoms with Crippen LogP contribution in [0.2, 0.25) is 5.02 Å². The van der Waals surface area contributed by atoms with Gasteiger partial charge in [-0.3, -0.25) is 4.79 Å². The third-order valence-corrected chi connectivity index (χ3v) is 5.82. The summed E-state index contributed by atoms with van der Waals surface area (Å²) in [7, 11) is 3.21. The van der Waals surface area contributed by atoms with Crippen molar-refractivity contribution in [2.75, 3.05) is 20.8 Å². The predicted octanol–water partition coefficient (Wildman–Crippen LogP) is 6.53.